The van der Waals surface area contributed by atoms with Crippen LogP contribution in [0.2, 0.25) is 0 Å². The van der Waals surface area contributed by atoms with Gasteiger partial charge in [-0.05, 0) is 42.2 Å². The number of aromatic carboxylic acids is 1. The SMILES string of the molecule is Cc1cc(C(=O)O)nn1-c1ccc(Cn2c(=O)[nH]c3cnc(-c4ccccc4C(C)C)nc32)cc1. The topological polar surface area (TPSA) is 119 Å². The van der Waals surface area contributed by atoms with Gasteiger partial charge in [0.05, 0.1) is 18.4 Å². The number of carboxylic acid groups (broad SMARTS) is 1. The van der Waals surface area contributed by atoms with Gasteiger partial charge in [0.1, 0.15) is 5.52 Å². The molecule has 5 aromatic rings. The maximum atomic E-state index is 12.7. The molecule has 0 aliphatic carbocycles. The van der Waals surface area contributed by atoms with E-state index in [0.717, 1.165) is 22.4 Å². The predicted octanol–water partition coefficient (Wildman–Crippen LogP) is 4.15. The molecule has 176 valence electrons. The van der Waals surface area contributed by atoms with Crippen LogP contribution in [0.4, 0.5) is 0 Å². The highest BCUT2D eigenvalue weighted by atomic mass is 16.4. The minimum absolute atomic E-state index is 0.00792. The van der Waals surface area contributed by atoms with Crippen molar-refractivity contribution in [2.45, 2.75) is 33.2 Å². The van der Waals surface area contributed by atoms with Gasteiger partial charge >= 0.3 is 11.7 Å². The summed E-state index contributed by atoms with van der Waals surface area (Å²) in [7, 11) is 0. The molecule has 5 rings (SSSR count). The molecule has 3 heterocycles. The van der Waals surface area contributed by atoms with Crippen molar-refractivity contribution in [3.05, 3.63) is 93.8 Å². The maximum absolute atomic E-state index is 12.7. The van der Waals surface area contributed by atoms with Gasteiger partial charge in [-0.2, -0.15) is 5.10 Å². The highest BCUT2D eigenvalue weighted by Gasteiger charge is 2.15. The number of aromatic amines is 1. The first kappa shape index (κ1) is 22.3. The second kappa shape index (κ2) is 8.68. The van der Waals surface area contributed by atoms with E-state index in [-0.39, 0.29) is 11.4 Å². The highest BCUT2D eigenvalue weighted by Crippen LogP contribution is 2.27. The molecule has 0 amide bonds. The van der Waals surface area contributed by atoms with Crippen LogP contribution < -0.4 is 5.69 Å². The number of fused-ring (bicyclic) bond motifs is 1. The van der Waals surface area contributed by atoms with E-state index < -0.39 is 5.97 Å². The average Bonchev–Trinajstić information content (AvgIpc) is 3.39. The van der Waals surface area contributed by atoms with Crippen molar-refractivity contribution in [1.82, 2.24) is 29.3 Å². The third kappa shape index (κ3) is 4.12. The first-order valence-electron chi connectivity index (χ1n) is 11.3. The number of aryl methyl sites for hydroxylation is 1. The molecule has 9 nitrogen and oxygen atoms in total. The lowest BCUT2D eigenvalue weighted by atomic mass is 9.97. The predicted molar refractivity (Wildman–Crippen MR) is 132 cm³/mol. The number of nitrogens with one attached hydrogen (secondary N) is 1. The third-order valence-electron chi connectivity index (χ3n) is 5.96. The lowest BCUT2D eigenvalue weighted by molar-refractivity contribution is 0.0690. The van der Waals surface area contributed by atoms with E-state index in [1.54, 1.807) is 22.4 Å². The molecule has 0 aliphatic rings. The molecule has 35 heavy (non-hydrogen) atoms. The minimum Gasteiger partial charge on any atom is -0.476 e. The molecule has 0 saturated heterocycles. The molecular weight excluding hydrogens is 444 g/mol. The van der Waals surface area contributed by atoms with Crippen molar-refractivity contribution < 1.29 is 9.90 Å². The van der Waals surface area contributed by atoms with Gasteiger partial charge < -0.3 is 10.1 Å². The van der Waals surface area contributed by atoms with E-state index in [1.165, 1.54) is 6.07 Å². The number of imidazole rings is 1. The van der Waals surface area contributed by atoms with Crippen LogP contribution in [0.3, 0.4) is 0 Å². The van der Waals surface area contributed by atoms with Crippen LogP contribution in [0.15, 0.2) is 65.6 Å². The van der Waals surface area contributed by atoms with E-state index in [9.17, 15) is 14.7 Å². The van der Waals surface area contributed by atoms with Crippen molar-refractivity contribution in [3.8, 4) is 17.1 Å². The molecule has 0 radical (unpaired) electrons. The van der Waals surface area contributed by atoms with Crippen molar-refractivity contribution in [2.24, 2.45) is 0 Å². The fourth-order valence-corrected chi connectivity index (χ4v) is 4.19. The zero-order valence-electron chi connectivity index (χ0n) is 19.6. The van der Waals surface area contributed by atoms with Crippen molar-refractivity contribution >= 4 is 17.1 Å². The first-order chi connectivity index (χ1) is 16.8. The van der Waals surface area contributed by atoms with Crippen LogP contribution in [-0.2, 0) is 6.54 Å². The zero-order valence-corrected chi connectivity index (χ0v) is 19.6. The number of carbonyl (C=O) groups is 1. The smallest absolute Gasteiger partial charge is 0.356 e. The molecule has 0 spiro atoms. The summed E-state index contributed by atoms with van der Waals surface area (Å²) < 4.78 is 3.17. The first-order valence-corrected chi connectivity index (χ1v) is 11.3. The number of nitrogens with zero attached hydrogens (tertiary/aromatic N) is 5. The Kier molecular flexibility index (Phi) is 5.52. The monoisotopic (exact) mass is 468 g/mol. The Morgan fingerprint density at radius 2 is 1.86 bits per heavy atom. The van der Waals surface area contributed by atoms with Crippen LogP contribution in [0.25, 0.3) is 28.2 Å². The minimum atomic E-state index is -1.07. The number of aromatic nitrogens is 6. The van der Waals surface area contributed by atoms with Gasteiger partial charge in [-0.3, -0.25) is 4.57 Å². The Morgan fingerprint density at radius 1 is 1.11 bits per heavy atom. The summed E-state index contributed by atoms with van der Waals surface area (Å²) in [6, 6.07) is 17.0. The number of rotatable bonds is 6. The van der Waals surface area contributed by atoms with Gasteiger partial charge in [0.2, 0.25) is 0 Å². The third-order valence-corrected chi connectivity index (χ3v) is 5.96. The number of hydrogen-bond donors (Lipinski definition) is 2. The lowest BCUT2D eigenvalue weighted by Crippen LogP contribution is -2.18. The second-order valence-corrected chi connectivity index (χ2v) is 8.74. The molecule has 9 heteroatoms. The normalized spacial score (nSPS) is 11.4. The Hall–Kier alpha value is -4.53. The summed E-state index contributed by atoms with van der Waals surface area (Å²) in [6.07, 6.45) is 1.65. The van der Waals surface area contributed by atoms with Crippen LogP contribution in [0.1, 0.15) is 47.1 Å². The summed E-state index contributed by atoms with van der Waals surface area (Å²) in [4.78, 5) is 36.0. The number of H-pyrrole nitrogens is 1. The summed E-state index contributed by atoms with van der Waals surface area (Å²) in [5.74, 6) is -0.185. The molecule has 2 N–H and O–H groups in total. The largest absolute Gasteiger partial charge is 0.476 e. The van der Waals surface area contributed by atoms with Gasteiger partial charge in [0.15, 0.2) is 17.2 Å². The number of hydrogen-bond acceptors (Lipinski definition) is 5. The van der Waals surface area contributed by atoms with Gasteiger partial charge in [-0.15, -0.1) is 0 Å². The van der Waals surface area contributed by atoms with Crippen molar-refractivity contribution in [3.63, 3.8) is 0 Å². The molecule has 0 saturated carbocycles. The molecular formula is C26H24N6O3. The van der Waals surface area contributed by atoms with E-state index in [1.807, 2.05) is 42.5 Å². The maximum Gasteiger partial charge on any atom is 0.356 e. The van der Waals surface area contributed by atoms with Gasteiger partial charge in [-0.1, -0.05) is 50.2 Å². The Balaban J connectivity index is 1.49. The average molecular weight is 469 g/mol. The van der Waals surface area contributed by atoms with Crippen LogP contribution >= 0.6 is 0 Å². The number of carboxylic acids is 1. The Morgan fingerprint density at radius 3 is 2.54 bits per heavy atom. The van der Waals surface area contributed by atoms with Crippen LogP contribution in [-0.4, -0.2) is 40.4 Å². The molecule has 0 unspecified atom stereocenters. The summed E-state index contributed by atoms with van der Waals surface area (Å²) in [5.41, 5.74) is 5.28. The fraction of sp³-hybridized carbons (Fsp3) is 0.192. The van der Waals surface area contributed by atoms with E-state index >= 15 is 0 Å². The molecule has 0 atom stereocenters. The molecule has 0 aliphatic heterocycles. The highest BCUT2D eigenvalue weighted by molar-refractivity contribution is 5.85. The van der Waals surface area contributed by atoms with Gasteiger partial charge in [-0.25, -0.2) is 24.2 Å². The van der Waals surface area contributed by atoms with Gasteiger partial charge in [0.25, 0.3) is 0 Å². The second-order valence-electron chi connectivity index (χ2n) is 8.74. The van der Waals surface area contributed by atoms with Crippen LogP contribution in [0.5, 0.6) is 0 Å². The van der Waals surface area contributed by atoms with Crippen molar-refractivity contribution in [1.29, 1.82) is 0 Å². The number of benzene rings is 2. The van der Waals surface area contributed by atoms with E-state index in [2.05, 4.69) is 35.0 Å². The zero-order chi connectivity index (χ0) is 24.7. The quantitative estimate of drug-likeness (QED) is 0.386. The summed E-state index contributed by atoms with van der Waals surface area (Å²) in [6.45, 7) is 6.37. The Bertz CT molecular complexity index is 1610. The van der Waals surface area contributed by atoms with E-state index in [0.29, 0.717) is 35.1 Å². The fourth-order valence-electron chi connectivity index (χ4n) is 4.19. The molecule has 2 aromatic carbocycles. The molecule has 0 fully saturated rings. The standard InChI is InChI=1S/C26H24N6O3/c1-15(2)19-6-4-5-7-20(19)23-27-13-22-24(29-23)31(26(35)28-22)14-17-8-10-18(11-9-17)32-16(3)12-21(30-32)25(33)34/h4-13,15H,14H2,1-3H3,(H,28,35)(H,33,34). The molecule has 3 aromatic heterocycles. The summed E-state index contributed by atoms with van der Waals surface area (Å²) in [5, 5.41) is 13.3. The van der Waals surface area contributed by atoms with Gasteiger partial charge in [0, 0.05) is 11.3 Å². The lowest BCUT2D eigenvalue weighted by Gasteiger charge is -2.11. The van der Waals surface area contributed by atoms with E-state index in [4.69, 9.17) is 4.98 Å². The van der Waals surface area contributed by atoms with Crippen LogP contribution in [0, 0.1) is 6.92 Å². The van der Waals surface area contributed by atoms with Crippen molar-refractivity contribution in [2.75, 3.05) is 0 Å². The summed E-state index contributed by atoms with van der Waals surface area (Å²) >= 11 is 0. The molecule has 0 bridgehead atoms. The Labute approximate surface area is 200 Å².